The average molecular weight is 742 g/mol. The Labute approximate surface area is 315 Å². The highest BCUT2D eigenvalue weighted by Crippen LogP contribution is 2.32. The molecule has 54 heavy (non-hydrogen) atoms. The molecular formula is C41H36FN7O4S. The predicted octanol–water partition coefficient (Wildman–Crippen LogP) is 4.99. The summed E-state index contributed by atoms with van der Waals surface area (Å²) in [6.45, 7) is 4.27. The highest BCUT2D eigenvalue weighted by molar-refractivity contribution is 7.22. The van der Waals surface area contributed by atoms with Crippen LogP contribution in [0.5, 0.6) is 0 Å². The summed E-state index contributed by atoms with van der Waals surface area (Å²) in [5.74, 6) is 4.38. The van der Waals surface area contributed by atoms with Crippen LogP contribution in [0.2, 0.25) is 0 Å². The number of hydrazine groups is 1. The molecule has 0 aliphatic carbocycles. The topological polar surface area (TPSA) is 132 Å². The van der Waals surface area contributed by atoms with E-state index in [0.717, 1.165) is 15.8 Å². The fourth-order valence-corrected chi connectivity index (χ4v) is 7.56. The minimum Gasteiger partial charge on any atom is -0.375 e. The quantitative estimate of drug-likeness (QED) is 0.117. The lowest BCUT2D eigenvalue weighted by Crippen LogP contribution is -2.66. The van der Waals surface area contributed by atoms with Crippen molar-refractivity contribution in [3.05, 3.63) is 143 Å². The van der Waals surface area contributed by atoms with Crippen LogP contribution >= 0.6 is 11.3 Å². The van der Waals surface area contributed by atoms with Crippen molar-refractivity contribution >= 4 is 50.3 Å². The molecule has 2 aliphatic rings. The van der Waals surface area contributed by atoms with E-state index in [0.29, 0.717) is 27.3 Å². The molecule has 2 atom stereocenters. The first-order chi connectivity index (χ1) is 26.2. The Morgan fingerprint density at radius 2 is 1.74 bits per heavy atom. The second-order valence-electron chi connectivity index (χ2n) is 12.9. The summed E-state index contributed by atoms with van der Waals surface area (Å²) in [4.78, 5) is 62.3. The number of nitrogen functional groups attached to an aromatic ring is 1. The molecule has 0 saturated carbocycles. The van der Waals surface area contributed by atoms with Crippen molar-refractivity contribution < 1.29 is 23.6 Å². The molecule has 1 aromatic heterocycles. The number of anilines is 1. The molecular weight excluding hydrogens is 706 g/mol. The number of urea groups is 1. The molecule has 0 spiro atoms. The second kappa shape index (κ2) is 15.7. The molecule has 2 saturated heterocycles. The number of Topliss-reactive ketones (excluding diaryl/α,β-unsaturated/α-hetero) is 1. The zero-order valence-corrected chi connectivity index (χ0v) is 30.0. The van der Waals surface area contributed by atoms with E-state index in [1.165, 1.54) is 28.5 Å². The molecule has 0 bridgehead atoms. The summed E-state index contributed by atoms with van der Waals surface area (Å²) >= 11 is 1.36. The summed E-state index contributed by atoms with van der Waals surface area (Å²) in [5, 5.41) is 6.40. The van der Waals surface area contributed by atoms with Gasteiger partial charge in [0, 0.05) is 30.6 Å². The second-order valence-corrected chi connectivity index (χ2v) is 14.0. The number of amides is 4. The lowest BCUT2D eigenvalue weighted by molar-refractivity contribution is -0.157. The fourth-order valence-electron chi connectivity index (χ4n) is 6.78. The summed E-state index contributed by atoms with van der Waals surface area (Å²) in [6.07, 6.45) is 1.10. The molecule has 0 unspecified atom stereocenters. The summed E-state index contributed by atoms with van der Waals surface area (Å²) in [7, 11) is 0. The van der Waals surface area contributed by atoms with Crippen LogP contribution < -0.4 is 11.1 Å². The summed E-state index contributed by atoms with van der Waals surface area (Å²) < 4.78 is 14.4. The van der Waals surface area contributed by atoms with E-state index in [2.05, 4.69) is 28.7 Å². The number of nitrogens with one attached hydrogen (secondary N) is 1. The maximum absolute atomic E-state index is 14.4. The highest BCUT2D eigenvalue weighted by Gasteiger charge is 2.52. The smallest absolute Gasteiger partial charge is 0.332 e. The Balaban J connectivity index is 1.16. The van der Waals surface area contributed by atoms with Crippen LogP contribution in [-0.4, -0.2) is 80.3 Å². The van der Waals surface area contributed by atoms with Crippen LogP contribution in [0.4, 0.5) is 14.3 Å². The fraction of sp³-hybridized carbons (Fsp3) is 0.195. The maximum atomic E-state index is 14.4. The largest absolute Gasteiger partial charge is 0.375 e. The molecule has 2 aliphatic heterocycles. The standard InChI is InChI=1S/C41H36FN7O4S/c1-2-21-47(41(53)44-23-29-15-18-32(42)19-16-29)48-26-37(51)49-33(22-28-13-11-27(12-14-28)17-20-34(50)30-7-4-3-5-8-30)39(52)46(25-36(48)49)24-31-9-6-10-35-38(31)45-40(43)54-35/h2-16,18-19,33,36H,1,21-26H2,(H2,43,45)(H,44,53)/t33-,36+/m0/s1. The van der Waals surface area contributed by atoms with Gasteiger partial charge in [-0.05, 0) is 52.9 Å². The van der Waals surface area contributed by atoms with E-state index in [9.17, 15) is 23.6 Å². The number of benzene rings is 4. The van der Waals surface area contributed by atoms with Crippen molar-refractivity contribution in [3.8, 4) is 11.8 Å². The molecule has 3 heterocycles. The molecule has 272 valence electrons. The Bertz CT molecular complexity index is 2290. The minimum absolute atomic E-state index is 0.0954. The van der Waals surface area contributed by atoms with Gasteiger partial charge in [0.15, 0.2) is 5.13 Å². The van der Waals surface area contributed by atoms with Gasteiger partial charge in [0.05, 0.1) is 29.9 Å². The number of hydrogen-bond acceptors (Lipinski definition) is 8. The number of carbonyl (C=O) groups is 4. The number of hydrogen-bond donors (Lipinski definition) is 2. The number of piperazine rings is 1. The number of fused-ring (bicyclic) bond motifs is 2. The number of rotatable bonds is 10. The zero-order valence-electron chi connectivity index (χ0n) is 29.2. The van der Waals surface area contributed by atoms with Gasteiger partial charge in [-0.25, -0.2) is 14.2 Å². The van der Waals surface area contributed by atoms with E-state index < -0.39 is 18.2 Å². The average Bonchev–Trinajstić information content (AvgIpc) is 3.73. The van der Waals surface area contributed by atoms with Crippen LogP contribution in [-0.2, 0) is 29.1 Å². The number of ketones is 1. The molecule has 4 aromatic carbocycles. The zero-order chi connectivity index (χ0) is 37.8. The SMILES string of the molecule is C=CCN(C(=O)NCc1ccc(F)cc1)N1CC(=O)N2[C@@H](Cc3ccc(C#CC(=O)c4ccccc4)cc3)C(=O)N(Cc3cccc4sc(N)nc34)C[C@@H]21. The molecule has 0 radical (unpaired) electrons. The Kier molecular flexibility index (Phi) is 10.5. The van der Waals surface area contributed by atoms with Gasteiger partial charge in [-0.1, -0.05) is 90.1 Å². The number of nitrogens with two attached hydrogens (primary N) is 1. The minimum atomic E-state index is -0.884. The molecule has 11 nitrogen and oxygen atoms in total. The summed E-state index contributed by atoms with van der Waals surface area (Å²) in [5.41, 5.74) is 10.2. The molecule has 4 amide bonds. The number of carbonyl (C=O) groups excluding carboxylic acids is 4. The van der Waals surface area contributed by atoms with Gasteiger partial charge < -0.3 is 20.9 Å². The Morgan fingerprint density at radius 3 is 2.48 bits per heavy atom. The summed E-state index contributed by atoms with van der Waals surface area (Å²) in [6, 6.07) is 26.2. The first-order valence-corrected chi connectivity index (χ1v) is 18.1. The van der Waals surface area contributed by atoms with Gasteiger partial charge in [-0.15, -0.1) is 6.58 Å². The van der Waals surface area contributed by atoms with Crippen molar-refractivity contribution in [2.75, 3.05) is 25.4 Å². The number of halogens is 1. The first-order valence-electron chi connectivity index (χ1n) is 17.3. The molecule has 13 heteroatoms. The van der Waals surface area contributed by atoms with Gasteiger partial charge >= 0.3 is 6.03 Å². The Hall–Kier alpha value is -6.36. The van der Waals surface area contributed by atoms with E-state index in [-0.39, 0.29) is 62.6 Å². The number of nitrogens with zero attached hydrogens (tertiary/aromatic N) is 5. The third kappa shape index (κ3) is 7.71. The molecule has 2 fully saturated rings. The molecule has 7 rings (SSSR count). The van der Waals surface area contributed by atoms with Crippen molar-refractivity contribution in [1.82, 2.24) is 30.1 Å². The van der Waals surface area contributed by atoms with Crippen molar-refractivity contribution in [3.63, 3.8) is 0 Å². The Morgan fingerprint density at radius 1 is 1.00 bits per heavy atom. The van der Waals surface area contributed by atoms with Gasteiger partial charge in [-0.3, -0.25) is 19.4 Å². The number of thiazole rings is 1. The van der Waals surface area contributed by atoms with Crippen LogP contribution in [0.15, 0.2) is 110 Å². The predicted molar refractivity (Wildman–Crippen MR) is 204 cm³/mol. The molecule has 3 N–H and O–H groups in total. The third-order valence-corrected chi connectivity index (χ3v) is 10.2. The van der Waals surface area contributed by atoms with Crippen LogP contribution in [0.25, 0.3) is 10.2 Å². The van der Waals surface area contributed by atoms with Gasteiger partial charge in [0.1, 0.15) is 18.0 Å². The van der Waals surface area contributed by atoms with E-state index in [1.807, 2.05) is 36.4 Å². The van der Waals surface area contributed by atoms with Gasteiger partial charge in [0.25, 0.3) is 0 Å². The van der Waals surface area contributed by atoms with Crippen molar-refractivity contribution in [1.29, 1.82) is 0 Å². The molecule has 5 aromatic rings. The van der Waals surface area contributed by atoms with Crippen molar-refractivity contribution in [2.24, 2.45) is 0 Å². The lowest BCUT2D eigenvalue weighted by atomic mass is 9.99. The van der Waals surface area contributed by atoms with Crippen LogP contribution in [0.1, 0.15) is 32.6 Å². The van der Waals surface area contributed by atoms with Crippen molar-refractivity contribution in [2.45, 2.75) is 31.7 Å². The maximum Gasteiger partial charge on any atom is 0.332 e. The highest BCUT2D eigenvalue weighted by atomic mass is 32.1. The van der Waals surface area contributed by atoms with Crippen LogP contribution in [0.3, 0.4) is 0 Å². The van der Waals surface area contributed by atoms with Gasteiger partial charge in [0.2, 0.25) is 17.6 Å². The van der Waals surface area contributed by atoms with E-state index in [4.69, 9.17) is 5.73 Å². The van der Waals surface area contributed by atoms with Gasteiger partial charge in [-0.2, -0.15) is 5.01 Å². The first kappa shape index (κ1) is 36.0. The normalized spacial score (nSPS) is 16.8. The number of aromatic nitrogens is 1. The van der Waals surface area contributed by atoms with E-state index >= 15 is 0 Å². The number of para-hydroxylation sites is 1. The third-order valence-electron chi connectivity index (χ3n) is 9.39. The monoisotopic (exact) mass is 741 g/mol. The lowest BCUT2D eigenvalue weighted by Gasteiger charge is -2.46. The van der Waals surface area contributed by atoms with Crippen LogP contribution in [0, 0.1) is 17.7 Å². The van der Waals surface area contributed by atoms with E-state index in [1.54, 1.807) is 69.4 Å².